The first-order valence-corrected chi connectivity index (χ1v) is 11.1. The molecule has 3 aromatic rings. The number of thiazole rings is 1. The zero-order valence-corrected chi connectivity index (χ0v) is 19.4. The molecule has 3 rings (SSSR count). The van der Waals surface area contributed by atoms with Gasteiger partial charge in [-0.1, -0.05) is 37.1 Å². The molecule has 0 saturated heterocycles. The zero-order chi connectivity index (χ0) is 23.1. The predicted molar refractivity (Wildman–Crippen MR) is 128 cm³/mol. The Bertz CT molecular complexity index is 1130. The summed E-state index contributed by atoms with van der Waals surface area (Å²) in [5.74, 6) is 0.428. The third-order valence-corrected chi connectivity index (χ3v) is 5.50. The minimum Gasteiger partial charge on any atom is -0.493 e. The van der Waals surface area contributed by atoms with E-state index in [1.54, 1.807) is 6.07 Å². The van der Waals surface area contributed by atoms with E-state index in [9.17, 15) is 10.1 Å². The highest BCUT2D eigenvalue weighted by molar-refractivity contribution is 7.14. The SMILES string of the molecule is CCCCOc1c(OC)cc(/C=N\Nc2nc(-c3ccc(C)cc3C)cs2)cc1[N+](=O)[O-]. The van der Waals surface area contributed by atoms with Crippen molar-refractivity contribution < 1.29 is 14.4 Å². The number of nitrogens with one attached hydrogen (secondary N) is 1. The van der Waals surface area contributed by atoms with Crippen LogP contribution in [0.3, 0.4) is 0 Å². The van der Waals surface area contributed by atoms with E-state index >= 15 is 0 Å². The van der Waals surface area contributed by atoms with Crippen molar-refractivity contribution in [3.63, 3.8) is 0 Å². The van der Waals surface area contributed by atoms with Gasteiger partial charge in [0.15, 0.2) is 5.75 Å². The zero-order valence-electron chi connectivity index (χ0n) is 18.5. The van der Waals surface area contributed by atoms with E-state index in [4.69, 9.17) is 9.47 Å². The number of aromatic nitrogens is 1. The minimum atomic E-state index is -0.481. The normalized spacial score (nSPS) is 11.0. The van der Waals surface area contributed by atoms with E-state index in [1.807, 2.05) is 12.3 Å². The highest BCUT2D eigenvalue weighted by Crippen LogP contribution is 2.38. The molecule has 1 N–H and O–H groups in total. The van der Waals surface area contributed by atoms with Crippen LogP contribution in [-0.4, -0.2) is 29.8 Å². The van der Waals surface area contributed by atoms with Gasteiger partial charge >= 0.3 is 5.69 Å². The second-order valence-corrected chi connectivity index (χ2v) is 8.11. The standard InChI is InChI=1S/C23H26N4O4S/c1-5-6-9-31-22-20(27(28)29)11-17(12-21(22)30-4)13-24-26-23-25-19(14-32-23)18-8-7-15(2)10-16(18)3/h7-8,10-14H,5-6,9H2,1-4H3,(H,25,26)/b24-13-. The fourth-order valence-corrected chi connectivity index (χ4v) is 3.80. The van der Waals surface area contributed by atoms with Crippen molar-refractivity contribution >= 4 is 28.4 Å². The molecule has 0 radical (unpaired) electrons. The summed E-state index contributed by atoms with van der Waals surface area (Å²) in [6.45, 7) is 6.52. The molecule has 2 aromatic carbocycles. The molecule has 0 fully saturated rings. The molecule has 0 spiro atoms. The maximum Gasteiger partial charge on any atom is 0.315 e. The van der Waals surface area contributed by atoms with Crippen molar-refractivity contribution in [2.45, 2.75) is 33.6 Å². The van der Waals surface area contributed by atoms with Gasteiger partial charge in [-0.05, 0) is 31.9 Å². The Hall–Kier alpha value is -3.46. The monoisotopic (exact) mass is 454 g/mol. The lowest BCUT2D eigenvalue weighted by Gasteiger charge is -2.11. The molecular weight excluding hydrogens is 428 g/mol. The molecule has 9 heteroatoms. The molecule has 8 nitrogen and oxygen atoms in total. The lowest BCUT2D eigenvalue weighted by Crippen LogP contribution is -2.03. The smallest absolute Gasteiger partial charge is 0.315 e. The van der Waals surface area contributed by atoms with Crippen LogP contribution < -0.4 is 14.9 Å². The quantitative estimate of drug-likeness (QED) is 0.175. The number of nitrogens with zero attached hydrogens (tertiary/aromatic N) is 3. The van der Waals surface area contributed by atoms with Gasteiger partial charge in [0.25, 0.3) is 0 Å². The Balaban J connectivity index is 1.77. The predicted octanol–water partition coefficient (Wildman–Crippen LogP) is 5.97. The molecule has 1 heterocycles. The summed E-state index contributed by atoms with van der Waals surface area (Å²) in [4.78, 5) is 15.7. The molecule has 0 unspecified atom stereocenters. The van der Waals surface area contributed by atoms with E-state index in [2.05, 4.69) is 47.6 Å². The number of hydrogen-bond acceptors (Lipinski definition) is 8. The topological polar surface area (TPSA) is 98.9 Å². The number of methoxy groups -OCH3 is 1. The third-order valence-electron chi connectivity index (χ3n) is 4.75. The molecule has 32 heavy (non-hydrogen) atoms. The maximum absolute atomic E-state index is 11.6. The molecule has 0 atom stereocenters. The van der Waals surface area contributed by atoms with Crippen LogP contribution in [0.2, 0.25) is 0 Å². The van der Waals surface area contributed by atoms with Crippen molar-refractivity contribution in [3.05, 3.63) is 62.5 Å². The van der Waals surface area contributed by atoms with E-state index in [0.29, 0.717) is 23.1 Å². The van der Waals surface area contributed by atoms with Crippen molar-refractivity contribution in [2.75, 3.05) is 19.1 Å². The fourth-order valence-electron chi connectivity index (χ4n) is 3.15. The molecule has 0 aliphatic carbocycles. The second-order valence-electron chi connectivity index (χ2n) is 7.26. The molecule has 0 bridgehead atoms. The summed E-state index contributed by atoms with van der Waals surface area (Å²) in [7, 11) is 1.45. The van der Waals surface area contributed by atoms with Gasteiger partial charge in [-0.25, -0.2) is 4.98 Å². The summed E-state index contributed by atoms with van der Waals surface area (Å²) in [5.41, 5.74) is 7.55. The first-order valence-electron chi connectivity index (χ1n) is 10.2. The van der Waals surface area contributed by atoms with Gasteiger partial charge in [0.05, 0.1) is 30.5 Å². The first-order chi connectivity index (χ1) is 15.4. The molecule has 0 aliphatic heterocycles. The molecule has 0 aliphatic rings. The van der Waals surface area contributed by atoms with Crippen molar-refractivity contribution in [3.8, 4) is 22.8 Å². The van der Waals surface area contributed by atoms with Crippen LogP contribution >= 0.6 is 11.3 Å². The number of nitro groups is 1. The summed E-state index contributed by atoms with van der Waals surface area (Å²) >= 11 is 1.43. The summed E-state index contributed by atoms with van der Waals surface area (Å²) in [5, 5.41) is 18.3. The third kappa shape index (κ3) is 5.61. The first kappa shape index (κ1) is 23.2. The molecule has 168 valence electrons. The van der Waals surface area contributed by atoms with Gasteiger partial charge in [0, 0.05) is 22.6 Å². The highest BCUT2D eigenvalue weighted by atomic mass is 32.1. The number of aryl methyl sites for hydroxylation is 2. The number of ether oxygens (including phenoxy) is 2. The lowest BCUT2D eigenvalue weighted by molar-refractivity contribution is -0.386. The van der Waals surface area contributed by atoms with Crippen molar-refractivity contribution in [2.24, 2.45) is 5.10 Å². The summed E-state index contributed by atoms with van der Waals surface area (Å²) < 4.78 is 10.9. The minimum absolute atomic E-state index is 0.133. The average molecular weight is 455 g/mol. The number of rotatable bonds is 10. The van der Waals surface area contributed by atoms with Gasteiger partial charge < -0.3 is 9.47 Å². The number of benzene rings is 2. The molecular formula is C23H26N4O4S. The van der Waals surface area contributed by atoms with Crippen LogP contribution in [0.4, 0.5) is 10.8 Å². The number of anilines is 1. The lowest BCUT2D eigenvalue weighted by atomic mass is 10.0. The number of nitro benzene ring substituents is 1. The Morgan fingerprint density at radius 3 is 2.78 bits per heavy atom. The van der Waals surface area contributed by atoms with E-state index in [-0.39, 0.29) is 11.4 Å². The average Bonchev–Trinajstić information content (AvgIpc) is 3.22. The van der Waals surface area contributed by atoms with Crippen LogP contribution in [0.15, 0.2) is 40.8 Å². The maximum atomic E-state index is 11.6. The van der Waals surface area contributed by atoms with Gasteiger partial charge in [0.1, 0.15) is 0 Å². The van der Waals surface area contributed by atoms with E-state index < -0.39 is 4.92 Å². The number of unbranched alkanes of at least 4 members (excludes halogenated alkanes) is 1. The number of hydrazone groups is 1. The Morgan fingerprint density at radius 2 is 2.09 bits per heavy atom. The van der Waals surface area contributed by atoms with Crippen LogP contribution in [0, 0.1) is 24.0 Å². The van der Waals surface area contributed by atoms with Gasteiger partial charge in [-0.3, -0.25) is 15.5 Å². The van der Waals surface area contributed by atoms with Gasteiger partial charge in [-0.15, -0.1) is 11.3 Å². The Morgan fingerprint density at radius 1 is 1.28 bits per heavy atom. The highest BCUT2D eigenvalue weighted by Gasteiger charge is 2.22. The Kier molecular flexibility index (Phi) is 7.77. The Labute approximate surface area is 191 Å². The van der Waals surface area contributed by atoms with E-state index in [1.165, 1.54) is 36.3 Å². The second kappa shape index (κ2) is 10.7. The van der Waals surface area contributed by atoms with Crippen molar-refractivity contribution in [1.82, 2.24) is 4.98 Å². The molecule has 0 amide bonds. The van der Waals surface area contributed by atoms with Gasteiger partial charge in [0.2, 0.25) is 10.9 Å². The summed E-state index contributed by atoms with van der Waals surface area (Å²) in [6, 6.07) is 9.31. The molecule has 0 saturated carbocycles. The van der Waals surface area contributed by atoms with Crippen molar-refractivity contribution in [1.29, 1.82) is 0 Å². The number of hydrogen-bond donors (Lipinski definition) is 1. The van der Waals surface area contributed by atoms with Gasteiger partial charge in [-0.2, -0.15) is 5.10 Å². The van der Waals surface area contributed by atoms with E-state index in [0.717, 1.165) is 29.7 Å². The van der Waals surface area contributed by atoms with Crippen LogP contribution in [0.1, 0.15) is 36.5 Å². The van der Waals surface area contributed by atoms with Crippen LogP contribution in [0.5, 0.6) is 11.5 Å². The van der Waals surface area contributed by atoms with Crippen LogP contribution in [0.25, 0.3) is 11.3 Å². The fraction of sp³-hybridized carbons (Fsp3) is 0.304. The largest absolute Gasteiger partial charge is 0.493 e. The summed E-state index contributed by atoms with van der Waals surface area (Å²) in [6.07, 6.45) is 3.21. The van der Waals surface area contributed by atoms with Crippen LogP contribution in [-0.2, 0) is 0 Å². The molecule has 1 aromatic heterocycles.